The maximum absolute atomic E-state index is 12.6. The van der Waals surface area contributed by atoms with E-state index >= 15 is 0 Å². The van der Waals surface area contributed by atoms with Crippen LogP contribution in [0.2, 0.25) is 0 Å². The molecule has 0 aliphatic carbocycles. The van der Waals surface area contributed by atoms with E-state index in [-0.39, 0.29) is 5.25 Å². The molecule has 0 bridgehead atoms. The van der Waals surface area contributed by atoms with Gasteiger partial charge < -0.3 is 9.30 Å². The van der Waals surface area contributed by atoms with Gasteiger partial charge in [-0.15, -0.1) is 0 Å². The molecular weight excluding hydrogens is 302 g/mol. The molecule has 0 spiro atoms. The monoisotopic (exact) mass is 329 g/mol. The van der Waals surface area contributed by atoms with Crippen molar-refractivity contribution in [1.29, 1.82) is 0 Å². The Bertz CT molecular complexity index is 570. The summed E-state index contributed by atoms with van der Waals surface area (Å²) in [6, 6.07) is 4.11. The van der Waals surface area contributed by atoms with E-state index in [0.717, 1.165) is 25.9 Å². The number of sulfonamides is 1. The van der Waals surface area contributed by atoms with Crippen LogP contribution >= 0.6 is 0 Å². The Morgan fingerprint density at radius 2 is 2.23 bits per heavy atom. The Hall–Kier alpha value is -0.890. The topological polar surface area (TPSA) is 54.8 Å². The molecular formula is C15H27N3O3S. The molecule has 126 valence electrons. The number of methoxy groups -OCH3 is 1. The first-order valence-corrected chi connectivity index (χ1v) is 9.22. The van der Waals surface area contributed by atoms with Gasteiger partial charge in [-0.2, -0.15) is 0 Å². The van der Waals surface area contributed by atoms with Crippen molar-refractivity contribution in [3.8, 4) is 0 Å². The highest BCUT2D eigenvalue weighted by Gasteiger charge is 2.33. The van der Waals surface area contributed by atoms with E-state index in [1.54, 1.807) is 14.2 Å². The SMILES string of the molecule is COCCN(C)S(=O)(=O)[C@@H]1CCCN(Cc2cccn2C)C1. The van der Waals surface area contributed by atoms with Crippen molar-refractivity contribution < 1.29 is 13.2 Å². The van der Waals surface area contributed by atoms with Crippen LogP contribution in [0.3, 0.4) is 0 Å². The van der Waals surface area contributed by atoms with Crippen molar-refractivity contribution in [2.24, 2.45) is 7.05 Å². The molecule has 2 rings (SSSR count). The van der Waals surface area contributed by atoms with Crippen LogP contribution in [-0.4, -0.2) is 67.8 Å². The Balaban J connectivity index is 1.99. The highest BCUT2D eigenvalue weighted by molar-refractivity contribution is 7.89. The van der Waals surface area contributed by atoms with E-state index in [1.165, 1.54) is 10.00 Å². The van der Waals surface area contributed by atoms with Gasteiger partial charge in [0.25, 0.3) is 0 Å². The fourth-order valence-corrected chi connectivity index (χ4v) is 4.59. The zero-order valence-corrected chi connectivity index (χ0v) is 14.6. The van der Waals surface area contributed by atoms with Gasteiger partial charge in [0.1, 0.15) is 0 Å². The summed E-state index contributed by atoms with van der Waals surface area (Å²) in [6.07, 6.45) is 3.68. The van der Waals surface area contributed by atoms with Crippen molar-refractivity contribution in [1.82, 2.24) is 13.8 Å². The van der Waals surface area contributed by atoms with E-state index in [0.29, 0.717) is 19.7 Å². The Morgan fingerprint density at radius 3 is 2.86 bits per heavy atom. The summed E-state index contributed by atoms with van der Waals surface area (Å²) in [5, 5.41) is -0.316. The fourth-order valence-electron chi connectivity index (χ4n) is 2.89. The number of nitrogens with zero attached hydrogens (tertiary/aromatic N) is 3. The third kappa shape index (κ3) is 4.10. The quantitative estimate of drug-likeness (QED) is 0.746. The summed E-state index contributed by atoms with van der Waals surface area (Å²) in [6.45, 7) is 3.20. The predicted octanol–water partition coefficient (Wildman–Crippen LogP) is 0.898. The van der Waals surface area contributed by atoms with Gasteiger partial charge in [-0.25, -0.2) is 12.7 Å². The highest BCUT2D eigenvalue weighted by atomic mass is 32.2. The smallest absolute Gasteiger partial charge is 0.218 e. The molecule has 2 heterocycles. The molecule has 0 aromatic carbocycles. The van der Waals surface area contributed by atoms with E-state index < -0.39 is 10.0 Å². The summed E-state index contributed by atoms with van der Waals surface area (Å²) in [7, 11) is 2.00. The van der Waals surface area contributed by atoms with Crippen molar-refractivity contribution in [2.45, 2.75) is 24.6 Å². The summed E-state index contributed by atoms with van der Waals surface area (Å²) in [4.78, 5) is 2.24. The number of piperidine rings is 1. The number of ether oxygens (including phenoxy) is 1. The van der Waals surface area contributed by atoms with Crippen LogP contribution in [0.1, 0.15) is 18.5 Å². The third-order valence-electron chi connectivity index (χ3n) is 4.37. The largest absolute Gasteiger partial charge is 0.383 e. The molecule has 1 atom stereocenters. The second-order valence-electron chi connectivity index (χ2n) is 5.97. The second-order valence-corrected chi connectivity index (χ2v) is 8.29. The summed E-state index contributed by atoms with van der Waals surface area (Å²) in [5.41, 5.74) is 1.21. The van der Waals surface area contributed by atoms with Crippen LogP contribution in [0.4, 0.5) is 0 Å². The molecule has 0 unspecified atom stereocenters. The van der Waals surface area contributed by atoms with Gasteiger partial charge in [0.2, 0.25) is 10.0 Å². The Kier molecular flexibility index (Phi) is 6.02. The van der Waals surface area contributed by atoms with E-state index in [1.807, 2.05) is 19.3 Å². The zero-order valence-electron chi connectivity index (χ0n) is 13.7. The second kappa shape index (κ2) is 7.59. The first kappa shape index (κ1) is 17.5. The number of likely N-dealkylation sites (tertiary alicyclic amines) is 1. The highest BCUT2D eigenvalue weighted by Crippen LogP contribution is 2.21. The Labute approximate surface area is 133 Å². The lowest BCUT2D eigenvalue weighted by Crippen LogP contribution is -2.47. The third-order valence-corrected chi connectivity index (χ3v) is 6.64. The fraction of sp³-hybridized carbons (Fsp3) is 0.733. The van der Waals surface area contributed by atoms with Crippen molar-refractivity contribution in [3.05, 3.63) is 24.0 Å². The minimum Gasteiger partial charge on any atom is -0.383 e. The van der Waals surface area contributed by atoms with Gasteiger partial charge in [-0.05, 0) is 31.5 Å². The summed E-state index contributed by atoms with van der Waals surface area (Å²) in [5.74, 6) is 0. The Morgan fingerprint density at radius 1 is 1.45 bits per heavy atom. The van der Waals surface area contributed by atoms with Crippen LogP contribution in [0.5, 0.6) is 0 Å². The molecule has 0 amide bonds. The van der Waals surface area contributed by atoms with Crippen LogP contribution in [0.15, 0.2) is 18.3 Å². The molecule has 1 saturated heterocycles. The number of hydrogen-bond donors (Lipinski definition) is 0. The maximum atomic E-state index is 12.6. The number of rotatable bonds is 7. The van der Waals surface area contributed by atoms with Crippen LogP contribution in [-0.2, 0) is 28.4 Å². The number of aryl methyl sites for hydroxylation is 1. The predicted molar refractivity (Wildman–Crippen MR) is 87.1 cm³/mol. The molecule has 6 nitrogen and oxygen atoms in total. The molecule has 0 N–H and O–H groups in total. The standard InChI is InChI=1S/C15H27N3O3S/c1-16-8-4-6-14(16)12-18-9-5-7-15(13-18)22(19,20)17(2)10-11-21-3/h4,6,8,15H,5,7,9-13H2,1-3H3/t15-/m1/s1. The zero-order chi connectivity index (χ0) is 16.2. The molecule has 1 fully saturated rings. The van der Waals surface area contributed by atoms with Crippen LogP contribution < -0.4 is 0 Å². The molecule has 0 radical (unpaired) electrons. The number of hydrogen-bond acceptors (Lipinski definition) is 4. The minimum absolute atomic E-state index is 0.316. The molecule has 22 heavy (non-hydrogen) atoms. The van der Waals surface area contributed by atoms with Gasteiger partial charge in [0.05, 0.1) is 11.9 Å². The summed E-state index contributed by atoms with van der Waals surface area (Å²) < 4.78 is 33.8. The number of likely N-dealkylation sites (N-methyl/N-ethyl adjacent to an activating group) is 1. The molecule has 1 aromatic rings. The van der Waals surface area contributed by atoms with E-state index in [2.05, 4.69) is 15.5 Å². The lowest BCUT2D eigenvalue weighted by Gasteiger charge is -2.34. The molecule has 0 saturated carbocycles. The molecule has 1 aliphatic rings. The van der Waals surface area contributed by atoms with Gasteiger partial charge in [-0.1, -0.05) is 0 Å². The van der Waals surface area contributed by atoms with Crippen molar-refractivity contribution >= 4 is 10.0 Å². The van der Waals surface area contributed by atoms with Gasteiger partial charge >= 0.3 is 0 Å². The molecule has 7 heteroatoms. The number of aromatic nitrogens is 1. The lowest BCUT2D eigenvalue weighted by atomic mass is 10.1. The average molecular weight is 329 g/mol. The van der Waals surface area contributed by atoms with Crippen molar-refractivity contribution in [2.75, 3.05) is 40.4 Å². The molecule has 1 aromatic heterocycles. The van der Waals surface area contributed by atoms with Gasteiger partial charge in [0, 0.05) is 52.7 Å². The van der Waals surface area contributed by atoms with Gasteiger partial charge in [0.15, 0.2) is 0 Å². The maximum Gasteiger partial charge on any atom is 0.218 e. The van der Waals surface area contributed by atoms with E-state index in [9.17, 15) is 8.42 Å². The summed E-state index contributed by atoms with van der Waals surface area (Å²) >= 11 is 0. The normalized spacial score (nSPS) is 20.6. The minimum atomic E-state index is -3.25. The van der Waals surface area contributed by atoms with Gasteiger partial charge in [-0.3, -0.25) is 4.90 Å². The van der Waals surface area contributed by atoms with Crippen LogP contribution in [0, 0.1) is 0 Å². The molecule has 1 aliphatic heterocycles. The first-order chi connectivity index (χ1) is 10.4. The van der Waals surface area contributed by atoms with Crippen molar-refractivity contribution in [3.63, 3.8) is 0 Å². The first-order valence-electron chi connectivity index (χ1n) is 7.72. The van der Waals surface area contributed by atoms with Crippen LogP contribution in [0.25, 0.3) is 0 Å². The van der Waals surface area contributed by atoms with E-state index in [4.69, 9.17) is 4.74 Å². The lowest BCUT2D eigenvalue weighted by molar-refractivity contribution is 0.182. The average Bonchev–Trinajstić information content (AvgIpc) is 2.90.